The number of halogens is 1. The second kappa shape index (κ2) is 6.97. The summed E-state index contributed by atoms with van der Waals surface area (Å²) in [6.45, 7) is 8.01. The van der Waals surface area contributed by atoms with E-state index in [9.17, 15) is 0 Å². The monoisotopic (exact) mass is 360 g/mol. The third-order valence-corrected chi connectivity index (χ3v) is 4.03. The number of imidazole rings is 1. The maximum Gasteiger partial charge on any atom is 0.329 e. The van der Waals surface area contributed by atoms with E-state index < -0.39 is 0 Å². The van der Waals surface area contributed by atoms with Crippen LogP contribution in [0.2, 0.25) is 0 Å². The Morgan fingerprint density at radius 2 is 1.77 bits per heavy atom. The van der Waals surface area contributed by atoms with Crippen LogP contribution in [-0.2, 0) is 13.2 Å². The molecule has 3 aromatic rings. The van der Waals surface area contributed by atoms with E-state index in [0.717, 1.165) is 17.9 Å². The number of aryl methyl sites for hydroxylation is 2. The number of nitrogens with zero attached hydrogens (tertiary/aromatic N) is 2. The highest BCUT2D eigenvalue weighted by molar-refractivity contribution is 5.50. The number of benzene rings is 1. The zero-order chi connectivity index (χ0) is 14.8. The molecule has 3 rings (SSSR count). The number of pyridine rings is 1. The molecule has 0 amide bonds. The molecule has 0 fully saturated rings. The van der Waals surface area contributed by atoms with Gasteiger partial charge in [0.2, 0.25) is 5.75 Å². The zero-order valence-electron chi connectivity index (χ0n) is 13.2. The maximum atomic E-state index is 6.07. The molecule has 0 atom stereocenters. The van der Waals surface area contributed by atoms with Gasteiger partial charge in [-0.15, -0.1) is 0 Å². The summed E-state index contributed by atoms with van der Waals surface area (Å²) < 4.78 is 10.6. The van der Waals surface area contributed by atoms with E-state index in [-0.39, 0.29) is 17.0 Å². The standard InChI is InChI=1S/C18H21N2O.BrH/c1-4-19-14(2)15(3)20-12-8-11-17(18(19)20)21-13-16-9-6-5-7-10-16;/h5-12H,4,13H2,1-3H3;1H/q+1;/p-1. The van der Waals surface area contributed by atoms with Crippen molar-refractivity contribution in [3.05, 3.63) is 65.6 Å². The van der Waals surface area contributed by atoms with Crippen LogP contribution in [-0.4, -0.2) is 4.57 Å². The summed E-state index contributed by atoms with van der Waals surface area (Å²) in [6.07, 6.45) is 2.10. The van der Waals surface area contributed by atoms with Gasteiger partial charge in [0.1, 0.15) is 18.0 Å². The maximum absolute atomic E-state index is 6.07. The van der Waals surface area contributed by atoms with Crippen molar-refractivity contribution < 1.29 is 26.1 Å². The highest BCUT2D eigenvalue weighted by Gasteiger charge is 2.22. The molecule has 1 aromatic carbocycles. The zero-order valence-corrected chi connectivity index (χ0v) is 14.8. The molecule has 4 heteroatoms. The summed E-state index contributed by atoms with van der Waals surface area (Å²) >= 11 is 0. The first kappa shape index (κ1) is 16.6. The van der Waals surface area contributed by atoms with Crippen LogP contribution in [0.1, 0.15) is 23.9 Å². The highest BCUT2D eigenvalue weighted by Crippen LogP contribution is 2.21. The Kier molecular flexibility index (Phi) is 5.24. The molecule has 0 aliphatic heterocycles. The highest BCUT2D eigenvalue weighted by atomic mass is 79.9. The molecule has 0 saturated heterocycles. The third kappa shape index (κ3) is 2.88. The van der Waals surface area contributed by atoms with Gasteiger partial charge in [-0.1, -0.05) is 30.3 Å². The molecular formula is C18H21BrN2O. The van der Waals surface area contributed by atoms with E-state index in [1.165, 1.54) is 17.0 Å². The van der Waals surface area contributed by atoms with Crippen molar-refractivity contribution in [1.82, 2.24) is 4.57 Å². The quantitative estimate of drug-likeness (QED) is 0.617. The molecule has 2 heterocycles. The molecule has 0 bridgehead atoms. The van der Waals surface area contributed by atoms with Gasteiger partial charge in [-0.2, -0.15) is 4.40 Å². The average Bonchev–Trinajstić information content (AvgIpc) is 2.78. The van der Waals surface area contributed by atoms with E-state index in [1.54, 1.807) is 0 Å². The molecule has 0 aliphatic rings. The molecule has 0 aliphatic carbocycles. The molecule has 0 saturated carbocycles. The van der Waals surface area contributed by atoms with Crippen LogP contribution in [0.4, 0.5) is 0 Å². The minimum Gasteiger partial charge on any atom is -1.00 e. The van der Waals surface area contributed by atoms with E-state index in [0.29, 0.717) is 6.61 Å². The summed E-state index contributed by atoms with van der Waals surface area (Å²) in [5, 5.41) is 0. The molecule has 3 nitrogen and oxygen atoms in total. The Bertz CT molecular complexity index is 766. The van der Waals surface area contributed by atoms with Crippen LogP contribution in [0.3, 0.4) is 0 Å². The van der Waals surface area contributed by atoms with Crippen molar-refractivity contribution in [3.63, 3.8) is 0 Å². The van der Waals surface area contributed by atoms with Crippen LogP contribution in [0.25, 0.3) is 5.65 Å². The smallest absolute Gasteiger partial charge is 0.329 e. The third-order valence-electron chi connectivity index (χ3n) is 4.03. The van der Waals surface area contributed by atoms with Gasteiger partial charge < -0.3 is 21.7 Å². The predicted molar refractivity (Wildman–Crippen MR) is 83.5 cm³/mol. The fraction of sp³-hybridized carbons (Fsp3) is 0.278. The Hall–Kier alpha value is -1.81. The Labute approximate surface area is 141 Å². The molecular weight excluding hydrogens is 340 g/mol. The van der Waals surface area contributed by atoms with E-state index in [1.807, 2.05) is 30.3 Å². The number of hydrogen-bond donors (Lipinski definition) is 0. The van der Waals surface area contributed by atoms with E-state index >= 15 is 0 Å². The fourth-order valence-electron chi connectivity index (χ4n) is 2.78. The molecule has 0 spiro atoms. The van der Waals surface area contributed by atoms with Gasteiger partial charge in [0, 0.05) is 13.8 Å². The Morgan fingerprint density at radius 3 is 2.45 bits per heavy atom. The summed E-state index contributed by atoms with van der Waals surface area (Å²) in [4.78, 5) is 0. The lowest BCUT2D eigenvalue weighted by atomic mass is 10.2. The number of rotatable bonds is 4. The van der Waals surface area contributed by atoms with E-state index in [4.69, 9.17) is 4.74 Å². The predicted octanol–water partition coefficient (Wildman–Crippen LogP) is 0.447. The lowest BCUT2D eigenvalue weighted by Gasteiger charge is -2.06. The van der Waals surface area contributed by atoms with Crippen molar-refractivity contribution >= 4 is 5.65 Å². The second-order valence-corrected chi connectivity index (χ2v) is 5.26. The van der Waals surface area contributed by atoms with Gasteiger partial charge in [-0.05, 0) is 24.6 Å². The van der Waals surface area contributed by atoms with Crippen LogP contribution in [0, 0.1) is 13.8 Å². The van der Waals surface area contributed by atoms with Crippen molar-refractivity contribution in [2.24, 2.45) is 0 Å². The number of fused-ring (bicyclic) bond motifs is 1. The lowest BCUT2D eigenvalue weighted by molar-refractivity contribution is -0.519. The van der Waals surface area contributed by atoms with Crippen molar-refractivity contribution in [2.75, 3.05) is 0 Å². The van der Waals surface area contributed by atoms with Crippen LogP contribution in [0.5, 0.6) is 5.75 Å². The van der Waals surface area contributed by atoms with Gasteiger partial charge in [0.15, 0.2) is 0 Å². The first-order valence-corrected chi connectivity index (χ1v) is 7.39. The SMILES string of the molecule is CCn1c(C)c(C)[n+]2cccc(OCc3ccccc3)c12.[Br-]. The number of hydrogen-bond acceptors (Lipinski definition) is 1. The lowest BCUT2D eigenvalue weighted by Crippen LogP contribution is -3.00. The second-order valence-electron chi connectivity index (χ2n) is 5.26. The van der Waals surface area contributed by atoms with Crippen molar-refractivity contribution in [1.29, 1.82) is 0 Å². The molecule has 0 unspecified atom stereocenters. The summed E-state index contributed by atoms with van der Waals surface area (Å²) in [7, 11) is 0. The Morgan fingerprint density at radius 1 is 1.05 bits per heavy atom. The summed E-state index contributed by atoms with van der Waals surface area (Å²) in [5.74, 6) is 0.930. The average molecular weight is 361 g/mol. The molecule has 0 N–H and O–H groups in total. The summed E-state index contributed by atoms with van der Waals surface area (Å²) in [6, 6.07) is 14.4. The molecule has 0 radical (unpaired) electrons. The molecule has 2 aromatic heterocycles. The van der Waals surface area contributed by atoms with Crippen LogP contribution >= 0.6 is 0 Å². The fourth-order valence-corrected chi connectivity index (χ4v) is 2.78. The topological polar surface area (TPSA) is 18.3 Å². The molecule has 116 valence electrons. The first-order chi connectivity index (χ1) is 10.2. The summed E-state index contributed by atoms with van der Waals surface area (Å²) in [5.41, 5.74) is 4.86. The minimum absolute atomic E-state index is 0. The first-order valence-electron chi connectivity index (χ1n) is 7.39. The van der Waals surface area contributed by atoms with Crippen LogP contribution in [0.15, 0.2) is 48.7 Å². The van der Waals surface area contributed by atoms with Crippen molar-refractivity contribution in [2.45, 2.75) is 33.9 Å². The Balaban J connectivity index is 0.00000176. The van der Waals surface area contributed by atoms with Gasteiger partial charge in [0.05, 0.1) is 12.7 Å². The minimum atomic E-state index is 0. The number of ether oxygens (including phenoxy) is 1. The van der Waals surface area contributed by atoms with Gasteiger partial charge >= 0.3 is 5.65 Å². The molecule has 22 heavy (non-hydrogen) atoms. The van der Waals surface area contributed by atoms with E-state index in [2.05, 4.69) is 48.1 Å². The normalized spacial score (nSPS) is 10.5. The van der Waals surface area contributed by atoms with Crippen molar-refractivity contribution in [3.8, 4) is 5.75 Å². The number of aromatic nitrogens is 2. The van der Waals surface area contributed by atoms with Gasteiger partial charge in [-0.3, -0.25) is 0 Å². The van der Waals surface area contributed by atoms with Crippen LogP contribution < -0.4 is 26.1 Å². The van der Waals surface area contributed by atoms with Gasteiger partial charge in [-0.25, -0.2) is 4.57 Å². The van der Waals surface area contributed by atoms with Gasteiger partial charge in [0.25, 0.3) is 0 Å². The largest absolute Gasteiger partial charge is 1.00 e.